The van der Waals surface area contributed by atoms with Gasteiger partial charge in [-0.05, 0) is 36.8 Å². The van der Waals surface area contributed by atoms with Crippen LogP contribution < -0.4 is 5.32 Å². The van der Waals surface area contributed by atoms with Crippen molar-refractivity contribution in [2.45, 2.75) is 19.6 Å². The number of rotatable bonds is 5. The topological polar surface area (TPSA) is 21.3 Å². The maximum absolute atomic E-state index is 13.1. The fourth-order valence-electron chi connectivity index (χ4n) is 2.15. The summed E-state index contributed by atoms with van der Waals surface area (Å²) < 4.78 is 19.3. The van der Waals surface area contributed by atoms with Crippen LogP contribution >= 0.6 is 27.5 Å². The van der Waals surface area contributed by atoms with Crippen molar-refractivity contribution in [3.63, 3.8) is 0 Å². The van der Waals surface area contributed by atoms with Crippen LogP contribution in [-0.4, -0.2) is 7.11 Å². The Hall–Kier alpha value is -1.10. The molecule has 0 spiro atoms. The molecule has 1 atom stereocenters. The van der Waals surface area contributed by atoms with Crippen molar-refractivity contribution >= 4 is 33.2 Å². The molecule has 1 N–H and O–H groups in total. The van der Waals surface area contributed by atoms with Crippen molar-refractivity contribution in [2.24, 2.45) is 0 Å². The van der Waals surface area contributed by atoms with Gasteiger partial charge in [0.1, 0.15) is 5.82 Å². The summed E-state index contributed by atoms with van der Waals surface area (Å²) in [6.45, 7) is 2.48. The minimum absolute atomic E-state index is 0.0528. The Bertz CT molecular complexity index is 636. The molecule has 21 heavy (non-hydrogen) atoms. The molecule has 0 bridgehead atoms. The average Bonchev–Trinajstić information content (AvgIpc) is 2.42. The molecule has 2 aromatic carbocycles. The number of anilines is 1. The minimum Gasteiger partial charge on any atom is -0.380 e. The Morgan fingerprint density at radius 1 is 1.33 bits per heavy atom. The fraction of sp³-hybridized carbons (Fsp3) is 0.250. The highest BCUT2D eigenvalue weighted by molar-refractivity contribution is 9.10. The zero-order valence-corrected chi connectivity index (χ0v) is 14.1. The summed E-state index contributed by atoms with van der Waals surface area (Å²) in [7, 11) is 1.66. The molecule has 0 aliphatic heterocycles. The maximum Gasteiger partial charge on any atom is 0.124 e. The summed E-state index contributed by atoms with van der Waals surface area (Å²) in [6.07, 6.45) is 0. The molecule has 0 fully saturated rings. The lowest BCUT2D eigenvalue weighted by atomic mass is 10.1. The Labute approximate surface area is 137 Å². The van der Waals surface area contributed by atoms with Crippen molar-refractivity contribution in [1.82, 2.24) is 0 Å². The molecular weight excluding hydrogens is 357 g/mol. The second-order valence-electron chi connectivity index (χ2n) is 4.73. The molecule has 0 saturated carbocycles. The van der Waals surface area contributed by atoms with E-state index in [0.29, 0.717) is 11.6 Å². The van der Waals surface area contributed by atoms with Crippen molar-refractivity contribution in [3.05, 3.63) is 62.8 Å². The van der Waals surface area contributed by atoms with Gasteiger partial charge in [0.2, 0.25) is 0 Å². The molecule has 0 amide bonds. The number of ether oxygens (including phenoxy) is 1. The normalized spacial score (nSPS) is 12.2. The summed E-state index contributed by atoms with van der Waals surface area (Å²) >= 11 is 9.63. The van der Waals surface area contributed by atoms with Crippen LogP contribution in [0.15, 0.2) is 40.9 Å². The van der Waals surface area contributed by atoms with Crippen LogP contribution in [0.1, 0.15) is 24.1 Å². The molecule has 0 saturated heterocycles. The Morgan fingerprint density at radius 2 is 2.10 bits per heavy atom. The molecular formula is C16H16BrClFNO. The number of halogens is 3. The first-order valence-electron chi connectivity index (χ1n) is 6.50. The van der Waals surface area contributed by atoms with Crippen LogP contribution in [0.5, 0.6) is 0 Å². The zero-order valence-electron chi connectivity index (χ0n) is 11.8. The molecule has 2 nitrogen and oxygen atoms in total. The standard InChI is InChI=1S/C16H16BrClFNO/c1-10(12-7-6-11(19)8-15(12)18)20-16-5-3-4-14(17)13(16)9-21-2/h3-8,10,20H,9H2,1-2H3. The second-order valence-corrected chi connectivity index (χ2v) is 5.99. The smallest absolute Gasteiger partial charge is 0.124 e. The van der Waals surface area contributed by atoms with Gasteiger partial charge in [0.25, 0.3) is 0 Å². The van der Waals surface area contributed by atoms with E-state index in [4.69, 9.17) is 16.3 Å². The third kappa shape index (κ3) is 3.96. The van der Waals surface area contributed by atoms with Crippen LogP contribution in [0.25, 0.3) is 0 Å². The monoisotopic (exact) mass is 371 g/mol. The van der Waals surface area contributed by atoms with E-state index in [2.05, 4.69) is 21.2 Å². The SMILES string of the molecule is COCc1c(Br)cccc1NC(C)c1ccc(F)cc1Cl. The van der Waals surface area contributed by atoms with Gasteiger partial charge in [-0.1, -0.05) is 39.7 Å². The molecule has 0 aliphatic rings. The lowest BCUT2D eigenvalue weighted by molar-refractivity contribution is 0.185. The van der Waals surface area contributed by atoms with Gasteiger partial charge in [-0.2, -0.15) is 0 Å². The molecule has 1 unspecified atom stereocenters. The van der Waals surface area contributed by atoms with Gasteiger partial charge in [0, 0.05) is 27.9 Å². The second kappa shape index (κ2) is 7.25. The van der Waals surface area contributed by atoms with E-state index in [9.17, 15) is 4.39 Å². The van der Waals surface area contributed by atoms with Crippen molar-refractivity contribution < 1.29 is 9.13 Å². The van der Waals surface area contributed by atoms with E-state index in [1.54, 1.807) is 13.2 Å². The lowest BCUT2D eigenvalue weighted by Gasteiger charge is -2.20. The van der Waals surface area contributed by atoms with E-state index in [1.165, 1.54) is 12.1 Å². The molecule has 112 valence electrons. The third-order valence-corrected chi connectivity index (χ3v) is 4.28. The molecule has 0 radical (unpaired) electrons. The van der Waals surface area contributed by atoms with E-state index in [1.807, 2.05) is 25.1 Å². The first-order valence-corrected chi connectivity index (χ1v) is 7.68. The van der Waals surface area contributed by atoms with Gasteiger partial charge in [-0.3, -0.25) is 0 Å². The predicted molar refractivity (Wildman–Crippen MR) is 88.3 cm³/mol. The van der Waals surface area contributed by atoms with Crippen LogP contribution in [0, 0.1) is 5.82 Å². The lowest BCUT2D eigenvalue weighted by Crippen LogP contribution is -2.10. The summed E-state index contributed by atoms with van der Waals surface area (Å²) in [6, 6.07) is 10.3. The molecule has 2 aromatic rings. The zero-order chi connectivity index (χ0) is 15.4. The highest BCUT2D eigenvalue weighted by atomic mass is 79.9. The minimum atomic E-state index is -0.335. The first kappa shape index (κ1) is 16.3. The van der Waals surface area contributed by atoms with E-state index in [-0.39, 0.29) is 11.9 Å². The number of hydrogen-bond acceptors (Lipinski definition) is 2. The molecule has 0 aliphatic carbocycles. The fourth-order valence-corrected chi connectivity index (χ4v) is 2.96. The summed E-state index contributed by atoms with van der Waals surface area (Å²) in [5.74, 6) is -0.335. The number of nitrogens with one attached hydrogen (secondary N) is 1. The van der Waals surface area contributed by atoms with Crippen LogP contribution in [0.3, 0.4) is 0 Å². The van der Waals surface area contributed by atoms with Gasteiger partial charge < -0.3 is 10.1 Å². The van der Waals surface area contributed by atoms with Crippen LogP contribution in [0.2, 0.25) is 5.02 Å². The van der Waals surface area contributed by atoms with Crippen LogP contribution in [0.4, 0.5) is 10.1 Å². The summed E-state index contributed by atoms with van der Waals surface area (Å²) in [5.41, 5.74) is 2.84. The number of hydrogen-bond donors (Lipinski definition) is 1. The number of benzene rings is 2. The average molecular weight is 373 g/mol. The summed E-state index contributed by atoms with van der Waals surface area (Å²) in [5, 5.41) is 3.81. The van der Waals surface area contributed by atoms with Crippen LogP contribution in [-0.2, 0) is 11.3 Å². The molecule has 2 rings (SSSR count). The summed E-state index contributed by atoms with van der Waals surface area (Å²) in [4.78, 5) is 0. The van der Waals surface area contributed by atoms with E-state index < -0.39 is 0 Å². The number of methoxy groups -OCH3 is 1. The van der Waals surface area contributed by atoms with E-state index in [0.717, 1.165) is 21.3 Å². The highest BCUT2D eigenvalue weighted by Gasteiger charge is 2.13. The quantitative estimate of drug-likeness (QED) is 0.742. The first-order chi connectivity index (χ1) is 10.0. The van der Waals surface area contributed by atoms with Gasteiger partial charge in [-0.25, -0.2) is 4.39 Å². The molecule has 5 heteroatoms. The van der Waals surface area contributed by atoms with Gasteiger partial charge >= 0.3 is 0 Å². The molecule has 0 aromatic heterocycles. The Balaban J connectivity index is 2.27. The molecule has 0 heterocycles. The highest BCUT2D eigenvalue weighted by Crippen LogP contribution is 2.31. The third-order valence-electron chi connectivity index (χ3n) is 3.21. The predicted octanol–water partition coefficient (Wildman–Crippen LogP) is 5.56. The van der Waals surface area contributed by atoms with E-state index >= 15 is 0 Å². The van der Waals surface area contributed by atoms with Crippen molar-refractivity contribution in [3.8, 4) is 0 Å². The van der Waals surface area contributed by atoms with Crippen molar-refractivity contribution in [2.75, 3.05) is 12.4 Å². The maximum atomic E-state index is 13.1. The van der Waals surface area contributed by atoms with Crippen molar-refractivity contribution in [1.29, 1.82) is 0 Å². The van der Waals surface area contributed by atoms with Gasteiger partial charge in [0.15, 0.2) is 0 Å². The van der Waals surface area contributed by atoms with Gasteiger partial charge in [0.05, 0.1) is 12.6 Å². The van der Waals surface area contributed by atoms with Gasteiger partial charge in [-0.15, -0.1) is 0 Å². The Morgan fingerprint density at radius 3 is 2.76 bits per heavy atom. The largest absolute Gasteiger partial charge is 0.380 e. The Kier molecular flexibility index (Phi) is 5.62.